The van der Waals surface area contributed by atoms with Crippen molar-refractivity contribution < 1.29 is 0 Å². The molecule has 1 N–H and O–H groups in total. The molecule has 0 saturated carbocycles. The predicted molar refractivity (Wildman–Crippen MR) is 81.9 cm³/mol. The van der Waals surface area contributed by atoms with E-state index in [4.69, 9.17) is 0 Å². The Morgan fingerprint density at radius 3 is 2.47 bits per heavy atom. The van der Waals surface area contributed by atoms with Crippen molar-refractivity contribution in [2.75, 3.05) is 5.32 Å². The first-order valence-corrected chi connectivity index (χ1v) is 6.63. The fourth-order valence-electron chi connectivity index (χ4n) is 2.45. The van der Waals surface area contributed by atoms with E-state index in [2.05, 4.69) is 54.4 Å². The van der Waals surface area contributed by atoms with Crippen molar-refractivity contribution in [1.82, 2.24) is 0 Å². The topological polar surface area (TPSA) is 12.0 Å². The first kappa shape index (κ1) is 11.8. The number of anilines is 1. The van der Waals surface area contributed by atoms with Crippen LogP contribution in [-0.2, 0) is 6.42 Å². The lowest BCUT2D eigenvalue weighted by molar-refractivity contribution is 0.936. The minimum absolute atomic E-state index is 1.00. The van der Waals surface area contributed by atoms with E-state index in [1.54, 1.807) is 0 Å². The molecule has 94 valence electrons. The van der Waals surface area contributed by atoms with Crippen molar-refractivity contribution in [1.29, 1.82) is 0 Å². The molecular formula is C18H17N. The van der Waals surface area contributed by atoms with Gasteiger partial charge >= 0.3 is 0 Å². The highest BCUT2D eigenvalue weighted by atomic mass is 14.9. The number of hydrogen-bond donors (Lipinski definition) is 1. The quantitative estimate of drug-likeness (QED) is 0.833. The molecular weight excluding hydrogens is 230 g/mol. The molecule has 0 bridgehead atoms. The molecule has 2 aromatic carbocycles. The van der Waals surface area contributed by atoms with Crippen LogP contribution in [0.3, 0.4) is 0 Å². The molecule has 19 heavy (non-hydrogen) atoms. The van der Waals surface area contributed by atoms with Crippen LogP contribution < -0.4 is 5.32 Å². The molecule has 0 saturated heterocycles. The smallest absolute Gasteiger partial charge is 0.0384 e. The molecule has 3 rings (SSSR count). The summed E-state index contributed by atoms with van der Waals surface area (Å²) in [5, 5.41) is 3.38. The molecule has 1 nitrogen and oxygen atoms in total. The van der Waals surface area contributed by atoms with E-state index in [0.717, 1.165) is 24.2 Å². The number of para-hydroxylation sites is 1. The Labute approximate surface area is 114 Å². The molecule has 0 amide bonds. The van der Waals surface area contributed by atoms with Gasteiger partial charge in [-0.15, -0.1) is 0 Å². The van der Waals surface area contributed by atoms with Gasteiger partial charge in [0.05, 0.1) is 0 Å². The highest BCUT2D eigenvalue weighted by Gasteiger charge is 2.11. The highest BCUT2D eigenvalue weighted by molar-refractivity contribution is 5.66. The monoisotopic (exact) mass is 247 g/mol. The van der Waals surface area contributed by atoms with Gasteiger partial charge in [0.15, 0.2) is 0 Å². The van der Waals surface area contributed by atoms with E-state index in [0.29, 0.717) is 0 Å². The number of hydrogen-bond acceptors (Lipinski definition) is 1. The number of rotatable bonds is 3. The summed E-state index contributed by atoms with van der Waals surface area (Å²) < 4.78 is 0. The SMILES string of the molecule is C=C(Nc1ccccc1)C1=Cc2ccccc2CC1. The Kier molecular flexibility index (Phi) is 3.20. The Morgan fingerprint density at radius 1 is 0.895 bits per heavy atom. The zero-order valence-corrected chi connectivity index (χ0v) is 10.9. The fourth-order valence-corrected chi connectivity index (χ4v) is 2.45. The van der Waals surface area contributed by atoms with Gasteiger partial charge < -0.3 is 5.32 Å². The van der Waals surface area contributed by atoms with Gasteiger partial charge in [-0.05, 0) is 47.8 Å². The highest BCUT2D eigenvalue weighted by Crippen LogP contribution is 2.27. The largest absolute Gasteiger partial charge is 0.356 e. The van der Waals surface area contributed by atoms with Gasteiger partial charge in [-0.2, -0.15) is 0 Å². The molecule has 0 heterocycles. The standard InChI is InChI=1S/C18H17N/c1-14(19-18-9-3-2-4-10-18)16-12-11-15-7-5-6-8-17(15)13-16/h2-10,13,19H,1,11-12H2. The molecule has 0 fully saturated rings. The Hall–Kier alpha value is -2.28. The van der Waals surface area contributed by atoms with Crippen molar-refractivity contribution >= 4 is 11.8 Å². The summed E-state index contributed by atoms with van der Waals surface area (Å²) in [6.07, 6.45) is 4.39. The summed E-state index contributed by atoms with van der Waals surface area (Å²) in [6.45, 7) is 4.17. The van der Waals surface area contributed by atoms with E-state index in [9.17, 15) is 0 Å². The summed E-state index contributed by atoms with van der Waals surface area (Å²) in [4.78, 5) is 0. The van der Waals surface area contributed by atoms with Crippen molar-refractivity contribution in [3.63, 3.8) is 0 Å². The van der Waals surface area contributed by atoms with Gasteiger partial charge in [-0.1, -0.05) is 49.0 Å². The van der Waals surface area contributed by atoms with Crippen LogP contribution in [0.2, 0.25) is 0 Å². The van der Waals surface area contributed by atoms with Crippen LogP contribution in [0.4, 0.5) is 5.69 Å². The number of allylic oxidation sites excluding steroid dienone is 1. The number of aryl methyl sites for hydroxylation is 1. The average molecular weight is 247 g/mol. The Bertz CT molecular complexity index is 623. The summed E-state index contributed by atoms with van der Waals surface area (Å²) in [7, 11) is 0. The lowest BCUT2D eigenvalue weighted by Crippen LogP contribution is -2.06. The second-order valence-electron chi connectivity index (χ2n) is 4.84. The number of benzene rings is 2. The molecule has 0 radical (unpaired) electrons. The van der Waals surface area contributed by atoms with E-state index in [1.165, 1.54) is 16.7 Å². The zero-order valence-electron chi connectivity index (χ0n) is 10.9. The summed E-state index contributed by atoms with van der Waals surface area (Å²) in [5.41, 5.74) is 6.13. The molecule has 2 aromatic rings. The van der Waals surface area contributed by atoms with Gasteiger partial charge in [-0.25, -0.2) is 0 Å². The third-order valence-corrected chi connectivity index (χ3v) is 3.51. The average Bonchev–Trinajstić information content (AvgIpc) is 2.48. The zero-order chi connectivity index (χ0) is 13.1. The Balaban J connectivity index is 1.80. The molecule has 0 unspecified atom stereocenters. The third-order valence-electron chi connectivity index (χ3n) is 3.51. The first-order chi connectivity index (χ1) is 9.33. The van der Waals surface area contributed by atoms with Crippen molar-refractivity contribution in [3.8, 4) is 0 Å². The molecule has 0 aliphatic heterocycles. The minimum Gasteiger partial charge on any atom is -0.356 e. The van der Waals surface area contributed by atoms with Crippen LogP contribution in [0.5, 0.6) is 0 Å². The molecule has 1 aliphatic carbocycles. The van der Waals surface area contributed by atoms with Crippen molar-refractivity contribution in [2.24, 2.45) is 0 Å². The van der Waals surface area contributed by atoms with Gasteiger partial charge in [0.1, 0.15) is 0 Å². The predicted octanol–water partition coefficient (Wildman–Crippen LogP) is 4.64. The van der Waals surface area contributed by atoms with E-state index < -0.39 is 0 Å². The van der Waals surface area contributed by atoms with Gasteiger partial charge in [0, 0.05) is 11.4 Å². The minimum atomic E-state index is 1.00. The summed E-state index contributed by atoms with van der Waals surface area (Å²) in [5.74, 6) is 0. The van der Waals surface area contributed by atoms with Crippen molar-refractivity contribution in [2.45, 2.75) is 12.8 Å². The molecule has 1 aliphatic rings. The number of fused-ring (bicyclic) bond motifs is 1. The van der Waals surface area contributed by atoms with Gasteiger partial charge in [-0.3, -0.25) is 0 Å². The van der Waals surface area contributed by atoms with Crippen LogP contribution in [-0.4, -0.2) is 0 Å². The maximum Gasteiger partial charge on any atom is 0.0384 e. The van der Waals surface area contributed by atoms with E-state index in [-0.39, 0.29) is 0 Å². The van der Waals surface area contributed by atoms with E-state index >= 15 is 0 Å². The van der Waals surface area contributed by atoms with Gasteiger partial charge in [0.25, 0.3) is 0 Å². The van der Waals surface area contributed by atoms with E-state index in [1.807, 2.05) is 18.2 Å². The van der Waals surface area contributed by atoms with Crippen molar-refractivity contribution in [3.05, 3.63) is 83.6 Å². The molecule has 1 heteroatoms. The molecule has 0 aromatic heterocycles. The lowest BCUT2D eigenvalue weighted by Gasteiger charge is -2.19. The van der Waals surface area contributed by atoms with Gasteiger partial charge in [0.2, 0.25) is 0 Å². The van der Waals surface area contributed by atoms with Crippen LogP contribution in [0.25, 0.3) is 6.08 Å². The fraction of sp³-hybridized carbons (Fsp3) is 0.111. The second-order valence-corrected chi connectivity index (χ2v) is 4.84. The maximum absolute atomic E-state index is 4.17. The Morgan fingerprint density at radius 2 is 1.63 bits per heavy atom. The van der Waals surface area contributed by atoms with Crippen LogP contribution in [0.1, 0.15) is 17.5 Å². The van der Waals surface area contributed by atoms with Crippen LogP contribution in [0, 0.1) is 0 Å². The molecule has 0 atom stereocenters. The lowest BCUT2D eigenvalue weighted by atomic mass is 9.91. The second kappa shape index (κ2) is 5.15. The summed E-state index contributed by atoms with van der Waals surface area (Å²) in [6, 6.07) is 18.8. The maximum atomic E-state index is 4.17. The molecule has 0 spiro atoms. The summed E-state index contributed by atoms with van der Waals surface area (Å²) >= 11 is 0. The number of nitrogens with one attached hydrogen (secondary N) is 1. The normalized spacial score (nSPS) is 13.4. The van der Waals surface area contributed by atoms with Crippen LogP contribution in [0.15, 0.2) is 72.4 Å². The third kappa shape index (κ3) is 2.60. The van der Waals surface area contributed by atoms with Crippen LogP contribution >= 0.6 is 0 Å². The first-order valence-electron chi connectivity index (χ1n) is 6.63.